The van der Waals surface area contributed by atoms with Crippen LogP contribution in [-0.4, -0.2) is 25.2 Å². The van der Waals surface area contributed by atoms with E-state index < -0.39 is 0 Å². The first-order chi connectivity index (χ1) is 8.24. The molecule has 0 saturated heterocycles. The Balaban J connectivity index is 2.17. The van der Waals surface area contributed by atoms with Crippen LogP contribution in [0.5, 0.6) is 11.5 Å². The number of hydrogen-bond donors (Lipinski definition) is 2. The van der Waals surface area contributed by atoms with E-state index in [1.54, 1.807) is 18.5 Å². The van der Waals surface area contributed by atoms with Gasteiger partial charge in [0.15, 0.2) is 22.0 Å². The molecule has 0 aliphatic rings. The Kier molecular flexibility index (Phi) is 2.15. The molecule has 0 aliphatic carbocycles. The Labute approximate surface area is 100 Å². The van der Waals surface area contributed by atoms with Crippen molar-refractivity contribution in [2.45, 2.75) is 0 Å². The predicted molar refractivity (Wildman–Crippen MR) is 64.0 cm³/mol. The zero-order chi connectivity index (χ0) is 11.8. The molecule has 6 heteroatoms. The molecule has 1 aromatic carbocycles. The Bertz CT molecular complexity index is 663. The van der Waals surface area contributed by atoms with Crippen LogP contribution in [0.15, 0.2) is 30.6 Å². The maximum absolute atomic E-state index is 9.43. The van der Waals surface area contributed by atoms with Gasteiger partial charge in [-0.15, -0.1) is 0 Å². The zero-order valence-corrected chi connectivity index (χ0v) is 9.35. The summed E-state index contributed by atoms with van der Waals surface area (Å²) in [7, 11) is 0. The van der Waals surface area contributed by atoms with Gasteiger partial charge in [0.2, 0.25) is 0 Å². The van der Waals surface area contributed by atoms with Crippen molar-refractivity contribution < 1.29 is 10.2 Å². The van der Waals surface area contributed by atoms with Crippen LogP contribution in [0.25, 0.3) is 21.0 Å². The first-order valence-electron chi connectivity index (χ1n) is 4.84. The second-order valence-corrected chi connectivity index (χ2v) is 4.39. The minimum atomic E-state index is -0.164. The van der Waals surface area contributed by atoms with E-state index >= 15 is 0 Å². The Hall–Kier alpha value is -2.21. The van der Waals surface area contributed by atoms with Crippen molar-refractivity contribution in [1.29, 1.82) is 0 Å². The van der Waals surface area contributed by atoms with Gasteiger partial charge in [0.1, 0.15) is 5.01 Å². The molecule has 0 unspecified atom stereocenters. The van der Waals surface area contributed by atoms with Crippen molar-refractivity contribution >= 4 is 21.8 Å². The third-order valence-corrected chi connectivity index (χ3v) is 3.27. The summed E-state index contributed by atoms with van der Waals surface area (Å²) in [4.78, 5) is 13.3. The Morgan fingerprint density at radius 1 is 1.00 bits per heavy atom. The highest BCUT2D eigenvalue weighted by Crippen LogP contribution is 2.33. The van der Waals surface area contributed by atoms with Crippen LogP contribution in [0, 0.1) is 0 Å². The van der Waals surface area contributed by atoms with Crippen molar-refractivity contribution in [1.82, 2.24) is 15.0 Å². The molecule has 0 bridgehead atoms. The predicted octanol–water partition coefficient (Wildman–Crippen LogP) is 2.16. The van der Waals surface area contributed by atoms with Gasteiger partial charge in [-0.05, 0) is 18.2 Å². The largest absolute Gasteiger partial charge is 0.504 e. The molecule has 0 radical (unpaired) electrons. The topological polar surface area (TPSA) is 79.1 Å². The highest BCUT2D eigenvalue weighted by Gasteiger charge is 2.09. The number of phenolic OH excluding ortho intramolecular Hbond substituents is 2. The molecule has 0 spiro atoms. The van der Waals surface area contributed by atoms with Gasteiger partial charge in [0.05, 0.1) is 0 Å². The van der Waals surface area contributed by atoms with Crippen molar-refractivity contribution in [2.24, 2.45) is 0 Å². The maximum atomic E-state index is 9.43. The van der Waals surface area contributed by atoms with Gasteiger partial charge in [-0.25, -0.2) is 15.0 Å². The molecule has 2 aromatic heterocycles. The van der Waals surface area contributed by atoms with Gasteiger partial charge < -0.3 is 10.2 Å². The fourth-order valence-corrected chi connectivity index (χ4v) is 2.32. The molecular formula is C11H7N3O2S. The summed E-state index contributed by atoms with van der Waals surface area (Å²) in [6.07, 6.45) is 3.19. The standard InChI is InChI=1S/C11H7N3O2S/c15-7-2-1-6(5-8(7)16)10-14-9-11(17-10)13-4-3-12-9/h1-5,15-16H. The lowest BCUT2D eigenvalue weighted by molar-refractivity contribution is 0.404. The SMILES string of the molecule is Oc1ccc(-c2nc3nccnc3s2)cc1O. The quantitative estimate of drug-likeness (QED) is 0.642. The number of rotatable bonds is 1. The summed E-state index contributed by atoms with van der Waals surface area (Å²) in [5, 5.41) is 19.4. The summed E-state index contributed by atoms with van der Waals surface area (Å²) in [6, 6.07) is 4.58. The monoisotopic (exact) mass is 245 g/mol. The lowest BCUT2D eigenvalue weighted by Gasteiger charge is -1.99. The van der Waals surface area contributed by atoms with E-state index in [1.807, 2.05) is 0 Å². The van der Waals surface area contributed by atoms with Gasteiger partial charge in [-0.2, -0.15) is 0 Å². The second-order valence-electron chi connectivity index (χ2n) is 3.41. The fourth-order valence-electron chi connectivity index (χ4n) is 1.46. The minimum Gasteiger partial charge on any atom is -0.504 e. The molecule has 3 rings (SSSR count). The third kappa shape index (κ3) is 1.68. The molecule has 0 saturated carbocycles. The summed E-state index contributed by atoms with van der Waals surface area (Å²) < 4.78 is 0. The average Bonchev–Trinajstić information content (AvgIpc) is 2.76. The maximum Gasteiger partial charge on any atom is 0.190 e. The van der Waals surface area contributed by atoms with Gasteiger partial charge >= 0.3 is 0 Å². The van der Waals surface area contributed by atoms with Crippen LogP contribution in [0.3, 0.4) is 0 Å². The molecule has 2 heterocycles. The lowest BCUT2D eigenvalue weighted by Crippen LogP contribution is -1.78. The van der Waals surface area contributed by atoms with Gasteiger partial charge in [0, 0.05) is 18.0 Å². The normalized spacial score (nSPS) is 10.8. The number of fused-ring (bicyclic) bond motifs is 1. The smallest absolute Gasteiger partial charge is 0.190 e. The highest BCUT2D eigenvalue weighted by atomic mass is 32.1. The van der Waals surface area contributed by atoms with Crippen molar-refractivity contribution in [3.8, 4) is 22.1 Å². The number of thiazole rings is 1. The molecule has 0 amide bonds. The third-order valence-electron chi connectivity index (χ3n) is 2.27. The number of hydrogen-bond acceptors (Lipinski definition) is 6. The fraction of sp³-hybridized carbons (Fsp3) is 0. The molecule has 2 N–H and O–H groups in total. The summed E-state index contributed by atoms with van der Waals surface area (Å²) >= 11 is 1.39. The number of phenols is 2. The van der Waals surface area contributed by atoms with E-state index in [1.165, 1.54) is 23.5 Å². The number of benzene rings is 1. The molecule has 0 atom stereocenters. The molecular weight excluding hydrogens is 238 g/mol. The van der Waals surface area contributed by atoms with E-state index in [4.69, 9.17) is 0 Å². The summed E-state index contributed by atoms with van der Waals surface area (Å²) in [6.45, 7) is 0. The number of aromatic hydroxyl groups is 2. The van der Waals surface area contributed by atoms with Crippen LogP contribution in [-0.2, 0) is 0 Å². The van der Waals surface area contributed by atoms with Gasteiger partial charge in [-0.1, -0.05) is 11.3 Å². The minimum absolute atomic E-state index is 0.147. The Morgan fingerprint density at radius 2 is 1.82 bits per heavy atom. The van der Waals surface area contributed by atoms with Gasteiger partial charge in [-0.3, -0.25) is 0 Å². The molecule has 0 fully saturated rings. The van der Waals surface area contributed by atoms with Crippen molar-refractivity contribution in [3.05, 3.63) is 30.6 Å². The summed E-state index contributed by atoms with van der Waals surface area (Å²) in [5.41, 5.74) is 1.31. The highest BCUT2D eigenvalue weighted by molar-refractivity contribution is 7.21. The van der Waals surface area contributed by atoms with Crippen LogP contribution in [0.4, 0.5) is 0 Å². The Morgan fingerprint density at radius 3 is 2.59 bits per heavy atom. The van der Waals surface area contributed by atoms with Crippen LogP contribution < -0.4 is 0 Å². The van der Waals surface area contributed by atoms with Crippen molar-refractivity contribution in [2.75, 3.05) is 0 Å². The van der Waals surface area contributed by atoms with E-state index in [0.29, 0.717) is 10.7 Å². The van der Waals surface area contributed by atoms with E-state index in [0.717, 1.165) is 10.4 Å². The van der Waals surface area contributed by atoms with Crippen LogP contribution >= 0.6 is 11.3 Å². The zero-order valence-electron chi connectivity index (χ0n) is 8.53. The van der Waals surface area contributed by atoms with E-state index in [2.05, 4.69) is 15.0 Å². The molecule has 17 heavy (non-hydrogen) atoms. The molecule has 3 aromatic rings. The first-order valence-corrected chi connectivity index (χ1v) is 5.65. The van der Waals surface area contributed by atoms with Crippen LogP contribution in [0.1, 0.15) is 0 Å². The van der Waals surface area contributed by atoms with E-state index in [9.17, 15) is 10.2 Å². The summed E-state index contributed by atoms with van der Waals surface area (Å²) in [5.74, 6) is -0.311. The number of nitrogens with zero attached hydrogens (tertiary/aromatic N) is 3. The van der Waals surface area contributed by atoms with Crippen molar-refractivity contribution in [3.63, 3.8) is 0 Å². The first kappa shape index (κ1) is 9.98. The van der Waals surface area contributed by atoms with Crippen LogP contribution in [0.2, 0.25) is 0 Å². The molecule has 0 aliphatic heterocycles. The van der Waals surface area contributed by atoms with E-state index in [-0.39, 0.29) is 11.5 Å². The molecule has 5 nitrogen and oxygen atoms in total. The lowest BCUT2D eigenvalue weighted by atomic mass is 10.2. The second kappa shape index (κ2) is 3.67. The van der Waals surface area contributed by atoms with Gasteiger partial charge in [0.25, 0.3) is 0 Å². The molecule has 84 valence electrons. The number of aromatic nitrogens is 3. The average molecular weight is 245 g/mol.